The summed E-state index contributed by atoms with van der Waals surface area (Å²) in [6.07, 6.45) is 2.14. The number of nitrogens with one attached hydrogen (secondary N) is 1. The third-order valence-corrected chi connectivity index (χ3v) is 3.84. The minimum Gasteiger partial charge on any atom is -0.497 e. The van der Waals surface area contributed by atoms with Crippen molar-refractivity contribution in [1.29, 1.82) is 0 Å². The van der Waals surface area contributed by atoms with E-state index in [9.17, 15) is 4.79 Å². The first-order chi connectivity index (χ1) is 10.2. The summed E-state index contributed by atoms with van der Waals surface area (Å²) < 4.78 is 10.5. The van der Waals surface area contributed by atoms with Crippen molar-refractivity contribution in [3.8, 4) is 11.5 Å². The summed E-state index contributed by atoms with van der Waals surface area (Å²) in [5, 5.41) is 3.42. The molecule has 5 nitrogen and oxygen atoms in total. The molecule has 1 unspecified atom stereocenters. The predicted molar refractivity (Wildman–Crippen MR) is 82.1 cm³/mol. The number of hydrogen-bond acceptors (Lipinski definition) is 4. The van der Waals surface area contributed by atoms with E-state index in [4.69, 9.17) is 9.47 Å². The summed E-state index contributed by atoms with van der Waals surface area (Å²) in [7, 11) is 3.17. The Labute approximate surface area is 126 Å². The molecule has 1 fully saturated rings. The van der Waals surface area contributed by atoms with Crippen molar-refractivity contribution in [2.45, 2.75) is 25.8 Å². The lowest BCUT2D eigenvalue weighted by Gasteiger charge is -2.33. The van der Waals surface area contributed by atoms with Gasteiger partial charge in [-0.05, 0) is 37.6 Å². The maximum atomic E-state index is 12.8. The summed E-state index contributed by atoms with van der Waals surface area (Å²) >= 11 is 0. The zero-order chi connectivity index (χ0) is 15.2. The molecule has 1 aliphatic rings. The van der Waals surface area contributed by atoms with Crippen molar-refractivity contribution in [2.75, 3.05) is 33.9 Å². The fraction of sp³-hybridized carbons (Fsp3) is 0.562. The highest BCUT2D eigenvalue weighted by molar-refractivity contribution is 5.97. The van der Waals surface area contributed by atoms with Gasteiger partial charge >= 0.3 is 0 Å². The molecule has 21 heavy (non-hydrogen) atoms. The molecule has 1 atom stereocenters. The molecule has 1 amide bonds. The second kappa shape index (κ2) is 7.31. The van der Waals surface area contributed by atoms with Crippen LogP contribution in [0.5, 0.6) is 11.5 Å². The van der Waals surface area contributed by atoms with Crippen molar-refractivity contribution >= 4 is 5.91 Å². The normalized spacial score (nSPS) is 18.4. The average Bonchev–Trinajstić information content (AvgIpc) is 2.54. The number of piperidine rings is 1. The minimum atomic E-state index is 0.00773. The first-order valence-corrected chi connectivity index (χ1v) is 7.44. The third kappa shape index (κ3) is 3.67. The second-order valence-corrected chi connectivity index (χ2v) is 5.21. The highest BCUT2D eigenvalue weighted by Gasteiger charge is 2.26. The number of benzene rings is 1. The van der Waals surface area contributed by atoms with Gasteiger partial charge < -0.3 is 19.7 Å². The van der Waals surface area contributed by atoms with Crippen LogP contribution in [-0.2, 0) is 0 Å². The van der Waals surface area contributed by atoms with E-state index in [1.165, 1.54) is 0 Å². The van der Waals surface area contributed by atoms with Crippen LogP contribution in [0, 0.1) is 0 Å². The topological polar surface area (TPSA) is 50.8 Å². The number of methoxy groups -OCH3 is 2. The van der Waals surface area contributed by atoms with Crippen LogP contribution in [0.1, 0.15) is 30.1 Å². The fourth-order valence-corrected chi connectivity index (χ4v) is 2.77. The van der Waals surface area contributed by atoms with Gasteiger partial charge in [0.05, 0.1) is 19.8 Å². The van der Waals surface area contributed by atoms with E-state index in [0.29, 0.717) is 23.1 Å². The van der Waals surface area contributed by atoms with Crippen molar-refractivity contribution in [1.82, 2.24) is 10.2 Å². The zero-order valence-electron chi connectivity index (χ0n) is 13.0. The Balaban J connectivity index is 2.18. The SMILES string of the molecule is CCNC1CCCN(C(=O)c2cc(OC)ccc2OC)C1. The first-order valence-electron chi connectivity index (χ1n) is 7.44. The molecule has 2 rings (SSSR count). The Morgan fingerprint density at radius 2 is 2.19 bits per heavy atom. The van der Waals surface area contributed by atoms with Crippen LogP contribution in [-0.4, -0.2) is 50.7 Å². The second-order valence-electron chi connectivity index (χ2n) is 5.21. The number of carbonyl (C=O) groups excluding carboxylic acids is 1. The summed E-state index contributed by atoms with van der Waals surface area (Å²) in [5.74, 6) is 1.26. The van der Waals surface area contributed by atoms with E-state index in [0.717, 1.165) is 32.5 Å². The molecule has 0 radical (unpaired) electrons. The summed E-state index contributed by atoms with van der Waals surface area (Å²) in [4.78, 5) is 14.7. The van der Waals surface area contributed by atoms with Crippen molar-refractivity contribution in [2.24, 2.45) is 0 Å². The molecule has 116 valence electrons. The van der Waals surface area contributed by atoms with Gasteiger partial charge in [0.15, 0.2) is 0 Å². The lowest BCUT2D eigenvalue weighted by molar-refractivity contribution is 0.0692. The Kier molecular flexibility index (Phi) is 5.44. The minimum absolute atomic E-state index is 0.00773. The van der Waals surface area contributed by atoms with Gasteiger partial charge in [-0.25, -0.2) is 0 Å². The van der Waals surface area contributed by atoms with Crippen LogP contribution in [0.4, 0.5) is 0 Å². The Morgan fingerprint density at radius 3 is 2.86 bits per heavy atom. The molecule has 1 saturated heterocycles. The quantitative estimate of drug-likeness (QED) is 0.901. The number of carbonyl (C=O) groups is 1. The number of hydrogen-bond donors (Lipinski definition) is 1. The molecular weight excluding hydrogens is 268 g/mol. The summed E-state index contributed by atoms with van der Waals surface area (Å²) in [6, 6.07) is 5.70. The fourth-order valence-electron chi connectivity index (χ4n) is 2.77. The van der Waals surface area contributed by atoms with Gasteiger partial charge in [-0.2, -0.15) is 0 Å². The standard InChI is InChI=1S/C16H24N2O3/c1-4-17-12-6-5-9-18(11-12)16(19)14-10-13(20-2)7-8-15(14)21-3/h7-8,10,12,17H,4-6,9,11H2,1-3H3. The van der Waals surface area contributed by atoms with Gasteiger partial charge in [0.25, 0.3) is 5.91 Å². The number of rotatable bonds is 5. The highest BCUT2D eigenvalue weighted by atomic mass is 16.5. The molecular formula is C16H24N2O3. The largest absolute Gasteiger partial charge is 0.497 e. The number of likely N-dealkylation sites (tertiary alicyclic amines) is 1. The van der Waals surface area contributed by atoms with Gasteiger partial charge in [0, 0.05) is 19.1 Å². The summed E-state index contributed by atoms with van der Waals surface area (Å²) in [6.45, 7) is 4.55. The Bertz CT molecular complexity index is 488. The van der Waals surface area contributed by atoms with Crippen LogP contribution in [0.2, 0.25) is 0 Å². The average molecular weight is 292 g/mol. The molecule has 1 N–H and O–H groups in total. The van der Waals surface area contributed by atoms with Crippen molar-refractivity contribution in [3.05, 3.63) is 23.8 Å². The van der Waals surface area contributed by atoms with Crippen LogP contribution in [0.3, 0.4) is 0 Å². The lowest BCUT2D eigenvalue weighted by Crippen LogP contribution is -2.48. The van der Waals surface area contributed by atoms with E-state index in [2.05, 4.69) is 12.2 Å². The van der Waals surface area contributed by atoms with Gasteiger partial charge in [0.1, 0.15) is 11.5 Å². The highest BCUT2D eigenvalue weighted by Crippen LogP contribution is 2.26. The van der Waals surface area contributed by atoms with Crippen LogP contribution in [0.25, 0.3) is 0 Å². The van der Waals surface area contributed by atoms with Crippen molar-refractivity contribution in [3.63, 3.8) is 0 Å². The molecule has 0 aliphatic carbocycles. The van der Waals surface area contributed by atoms with Crippen LogP contribution < -0.4 is 14.8 Å². The zero-order valence-corrected chi connectivity index (χ0v) is 13.0. The number of ether oxygens (including phenoxy) is 2. The molecule has 0 spiro atoms. The van der Waals surface area contributed by atoms with Crippen LogP contribution in [0.15, 0.2) is 18.2 Å². The molecule has 0 aromatic heterocycles. The maximum absolute atomic E-state index is 12.8. The molecule has 1 aromatic rings. The van der Waals surface area contributed by atoms with Crippen LogP contribution >= 0.6 is 0 Å². The monoisotopic (exact) mass is 292 g/mol. The van der Waals surface area contributed by atoms with Gasteiger partial charge in [-0.3, -0.25) is 4.79 Å². The third-order valence-electron chi connectivity index (χ3n) is 3.84. The van der Waals surface area contributed by atoms with Crippen molar-refractivity contribution < 1.29 is 14.3 Å². The lowest BCUT2D eigenvalue weighted by atomic mass is 10.0. The number of amides is 1. The van der Waals surface area contributed by atoms with E-state index >= 15 is 0 Å². The predicted octanol–water partition coefficient (Wildman–Crippen LogP) is 1.92. The molecule has 0 saturated carbocycles. The number of likely N-dealkylation sites (N-methyl/N-ethyl adjacent to an activating group) is 1. The molecule has 5 heteroatoms. The van der Waals surface area contributed by atoms with E-state index in [1.54, 1.807) is 32.4 Å². The Morgan fingerprint density at radius 1 is 1.38 bits per heavy atom. The van der Waals surface area contributed by atoms with Gasteiger partial charge in [0.2, 0.25) is 0 Å². The van der Waals surface area contributed by atoms with Gasteiger partial charge in [-0.15, -0.1) is 0 Å². The van der Waals surface area contributed by atoms with E-state index < -0.39 is 0 Å². The van der Waals surface area contributed by atoms with E-state index in [-0.39, 0.29) is 5.91 Å². The summed E-state index contributed by atoms with van der Waals surface area (Å²) in [5.41, 5.74) is 0.564. The molecule has 1 aromatic carbocycles. The molecule has 0 bridgehead atoms. The molecule has 1 heterocycles. The van der Waals surface area contributed by atoms with E-state index in [1.807, 2.05) is 4.90 Å². The first kappa shape index (κ1) is 15.6. The Hall–Kier alpha value is -1.75. The number of nitrogens with zero attached hydrogens (tertiary/aromatic N) is 1. The van der Waals surface area contributed by atoms with Gasteiger partial charge in [-0.1, -0.05) is 6.92 Å². The maximum Gasteiger partial charge on any atom is 0.257 e. The molecule has 1 aliphatic heterocycles. The smallest absolute Gasteiger partial charge is 0.257 e.